The molecule has 0 saturated heterocycles. The highest BCUT2D eigenvalue weighted by molar-refractivity contribution is 8.01. The van der Waals surface area contributed by atoms with Crippen LogP contribution in [0, 0.1) is 5.92 Å². The Balaban J connectivity index is 2.20. The molecule has 0 aliphatic heterocycles. The Morgan fingerprint density at radius 2 is 1.11 bits per heavy atom. The minimum Gasteiger partial charge on any atom is -0.301 e. The van der Waals surface area contributed by atoms with Crippen LogP contribution in [0.2, 0.25) is 0 Å². The van der Waals surface area contributed by atoms with Crippen LogP contribution >= 0.6 is 23.1 Å². The zero-order chi connectivity index (χ0) is 27.5. The Morgan fingerprint density at radius 1 is 0.658 bits per heavy atom. The number of hydrogen-bond donors (Lipinski definition) is 1. The number of rotatable bonds is 28. The van der Waals surface area contributed by atoms with Crippen LogP contribution in [0.4, 0.5) is 5.13 Å². The summed E-state index contributed by atoms with van der Waals surface area (Å²) in [6.07, 6.45) is 31.2. The molecular formula is C32H61N3OS2. The summed E-state index contributed by atoms with van der Waals surface area (Å²) in [5.41, 5.74) is 0. The molecule has 0 aromatic carbocycles. The fourth-order valence-corrected chi connectivity index (χ4v) is 7.00. The summed E-state index contributed by atoms with van der Waals surface area (Å²) < 4.78 is 0.997. The second kappa shape index (κ2) is 26.6. The highest BCUT2D eigenvalue weighted by Gasteiger charge is 2.13. The van der Waals surface area contributed by atoms with Crippen LogP contribution in [-0.4, -0.2) is 21.9 Å². The van der Waals surface area contributed by atoms with Crippen molar-refractivity contribution in [1.82, 2.24) is 10.2 Å². The number of anilines is 1. The van der Waals surface area contributed by atoms with Gasteiger partial charge in [-0.3, -0.25) is 4.79 Å². The molecule has 0 fully saturated rings. The molecule has 4 nitrogen and oxygen atoms in total. The molecule has 0 spiro atoms. The van der Waals surface area contributed by atoms with Crippen LogP contribution in [0.15, 0.2) is 4.34 Å². The Morgan fingerprint density at radius 3 is 1.63 bits per heavy atom. The van der Waals surface area contributed by atoms with Gasteiger partial charge < -0.3 is 5.32 Å². The molecule has 1 amide bonds. The zero-order valence-corrected chi connectivity index (χ0v) is 27.0. The number of unbranched alkanes of at least 4 members (excludes halogenated alkanes) is 18. The first-order valence-corrected chi connectivity index (χ1v) is 18.3. The minimum absolute atomic E-state index is 0.0884. The lowest BCUT2D eigenvalue weighted by molar-refractivity contribution is -0.116. The molecule has 1 aromatic heterocycles. The molecule has 0 aliphatic rings. The molecule has 1 aromatic rings. The Hall–Kier alpha value is -0.620. The van der Waals surface area contributed by atoms with E-state index in [0.717, 1.165) is 28.9 Å². The summed E-state index contributed by atoms with van der Waals surface area (Å²) in [6.45, 7) is 6.84. The largest absolute Gasteiger partial charge is 0.301 e. The number of carbonyl (C=O) groups is 1. The monoisotopic (exact) mass is 567 g/mol. The molecule has 0 saturated carbocycles. The minimum atomic E-state index is 0.0884. The smallest absolute Gasteiger partial charge is 0.226 e. The highest BCUT2D eigenvalue weighted by Crippen LogP contribution is 2.30. The molecule has 1 N–H and O–H groups in total. The van der Waals surface area contributed by atoms with Gasteiger partial charge >= 0.3 is 0 Å². The van der Waals surface area contributed by atoms with Gasteiger partial charge in [0.25, 0.3) is 0 Å². The van der Waals surface area contributed by atoms with Crippen molar-refractivity contribution in [3.63, 3.8) is 0 Å². The summed E-state index contributed by atoms with van der Waals surface area (Å²) in [5.74, 6) is 1.99. The fraction of sp³-hybridized carbons (Fsp3) is 0.906. The Labute approximate surface area is 244 Å². The maximum absolute atomic E-state index is 12.4. The van der Waals surface area contributed by atoms with Crippen LogP contribution in [0.25, 0.3) is 0 Å². The first-order valence-electron chi connectivity index (χ1n) is 16.5. The fourth-order valence-electron chi connectivity index (χ4n) is 5.02. The van der Waals surface area contributed by atoms with Gasteiger partial charge in [-0.1, -0.05) is 172 Å². The topological polar surface area (TPSA) is 54.9 Å². The number of aromatic nitrogens is 2. The van der Waals surface area contributed by atoms with E-state index >= 15 is 0 Å². The molecule has 1 heterocycles. The van der Waals surface area contributed by atoms with Crippen molar-refractivity contribution in [3.8, 4) is 0 Å². The third-order valence-corrected chi connectivity index (χ3v) is 9.74. The van der Waals surface area contributed by atoms with Crippen LogP contribution in [0.1, 0.15) is 175 Å². The number of nitrogens with zero attached hydrogens (tertiary/aromatic N) is 2. The Bertz CT molecular complexity index is 652. The molecule has 1 atom stereocenters. The van der Waals surface area contributed by atoms with Gasteiger partial charge in [-0.05, 0) is 25.2 Å². The lowest BCUT2D eigenvalue weighted by Crippen LogP contribution is -2.10. The van der Waals surface area contributed by atoms with Crippen LogP contribution < -0.4 is 5.32 Å². The van der Waals surface area contributed by atoms with Gasteiger partial charge in [-0.2, -0.15) is 0 Å². The van der Waals surface area contributed by atoms with Crippen LogP contribution in [0.5, 0.6) is 0 Å². The van der Waals surface area contributed by atoms with E-state index < -0.39 is 0 Å². The maximum Gasteiger partial charge on any atom is 0.226 e. The summed E-state index contributed by atoms with van der Waals surface area (Å²) in [5, 5.41) is 12.3. The van der Waals surface area contributed by atoms with Gasteiger partial charge in [0.15, 0.2) is 4.34 Å². The third kappa shape index (κ3) is 21.2. The summed E-state index contributed by atoms with van der Waals surface area (Å²) in [4.78, 5) is 12.4. The number of hydrogen-bond acceptors (Lipinski definition) is 5. The van der Waals surface area contributed by atoms with E-state index in [0.29, 0.717) is 11.6 Å². The standard InChI is InChI=1S/C32H61N3OS2/c1-4-7-10-13-15-16-17-18-19-21-24-27-30(36)33-31-34-35-32(38-31)37-28-29(25-22-12-9-6-3)26-23-20-14-11-8-5-2/h29H,4-28H2,1-3H3,(H,33,34,36). The van der Waals surface area contributed by atoms with Gasteiger partial charge in [-0.25, -0.2) is 0 Å². The predicted molar refractivity (Wildman–Crippen MR) is 171 cm³/mol. The molecule has 0 bridgehead atoms. The van der Waals surface area contributed by atoms with E-state index in [1.54, 1.807) is 11.3 Å². The molecule has 1 rings (SSSR count). The first kappa shape index (κ1) is 35.4. The summed E-state index contributed by atoms with van der Waals surface area (Å²) in [7, 11) is 0. The van der Waals surface area contributed by atoms with Gasteiger partial charge in [-0.15, -0.1) is 10.2 Å². The quantitative estimate of drug-likeness (QED) is 0.0621. The number of carbonyl (C=O) groups excluding carboxylic acids is 1. The van der Waals surface area contributed by atoms with Crippen molar-refractivity contribution >= 4 is 34.1 Å². The van der Waals surface area contributed by atoms with Crippen molar-refractivity contribution < 1.29 is 4.79 Å². The number of nitrogens with one attached hydrogen (secondary N) is 1. The van der Waals surface area contributed by atoms with E-state index in [9.17, 15) is 4.79 Å². The van der Waals surface area contributed by atoms with Crippen molar-refractivity contribution in [2.45, 2.75) is 179 Å². The van der Waals surface area contributed by atoms with Crippen LogP contribution in [-0.2, 0) is 4.79 Å². The molecule has 38 heavy (non-hydrogen) atoms. The third-order valence-electron chi connectivity index (χ3n) is 7.53. The zero-order valence-electron chi connectivity index (χ0n) is 25.4. The molecule has 0 radical (unpaired) electrons. The predicted octanol–water partition coefficient (Wildman–Crippen LogP) is 11.6. The highest BCUT2D eigenvalue weighted by atomic mass is 32.2. The van der Waals surface area contributed by atoms with Gasteiger partial charge in [0.1, 0.15) is 0 Å². The van der Waals surface area contributed by atoms with Gasteiger partial charge in [0.05, 0.1) is 0 Å². The number of thioether (sulfide) groups is 1. The van der Waals surface area contributed by atoms with Crippen molar-refractivity contribution in [2.75, 3.05) is 11.1 Å². The molecule has 6 heteroatoms. The lowest BCUT2D eigenvalue weighted by atomic mass is 9.96. The van der Waals surface area contributed by atoms with Crippen molar-refractivity contribution in [3.05, 3.63) is 0 Å². The average Bonchev–Trinajstić information content (AvgIpc) is 3.36. The second-order valence-corrected chi connectivity index (χ2v) is 13.5. The average molecular weight is 568 g/mol. The lowest BCUT2D eigenvalue weighted by Gasteiger charge is -2.15. The molecule has 0 aliphatic carbocycles. The molecule has 222 valence electrons. The van der Waals surface area contributed by atoms with Crippen LogP contribution in [0.3, 0.4) is 0 Å². The summed E-state index contributed by atoms with van der Waals surface area (Å²) >= 11 is 3.38. The van der Waals surface area contributed by atoms with Crippen molar-refractivity contribution in [1.29, 1.82) is 0 Å². The maximum atomic E-state index is 12.4. The number of amides is 1. The van der Waals surface area contributed by atoms with Gasteiger partial charge in [0, 0.05) is 12.2 Å². The molecule has 1 unspecified atom stereocenters. The first-order chi connectivity index (χ1) is 18.7. The van der Waals surface area contributed by atoms with Gasteiger partial charge in [0.2, 0.25) is 11.0 Å². The SMILES string of the molecule is CCCCCCCCCCCCCC(=O)Nc1nnc(SCC(CCCCCC)CCCCCCCC)s1. The van der Waals surface area contributed by atoms with E-state index in [4.69, 9.17) is 0 Å². The summed E-state index contributed by atoms with van der Waals surface area (Å²) in [6, 6.07) is 0. The van der Waals surface area contributed by atoms with E-state index in [1.165, 1.54) is 135 Å². The van der Waals surface area contributed by atoms with E-state index in [1.807, 2.05) is 11.8 Å². The van der Waals surface area contributed by atoms with Crippen molar-refractivity contribution in [2.24, 2.45) is 5.92 Å². The second-order valence-electron chi connectivity index (χ2n) is 11.3. The normalized spacial score (nSPS) is 12.2. The Kier molecular flexibility index (Phi) is 24.8. The van der Waals surface area contributed by atoms with E-state index in [-0.39, 0.29) is 5.91 Å². The molecular weight excluding hydrogens is 507 g/mol. The van der Waals surface area contributed by atoms with E-state index in [2.05, 4.69) is 36.3 Å².